The molecule has 2 aromatic heterocycles. The molecule has 7 heteroatoms. The second-order valence-electron chi connectivity index (χ2n) is 7.74. The van der Waals surface area contributed by atoms with Crippen molar-refractivity contribution in [2.75, 3.05) is 5.75 Å². The summed E-state index contributed by atoms with van der Waals surface area (Å²) in [5, 5.41) is 12.2. The lowest BCUT2D eigenvalue weighted by atomic mass is 9.93. The van der Waals surface area contributed by atoms with Gasteiger partial charge in [0.25, 0.3) is 0 Å². The number of hydrogen-bond donors (Lipinski definition) is 1. The molecular formula is C22H28N4O2S. The summed E-state index contributed by atoms with van der Waals surface area (Å²) in [4.78, 5) is 12.6. The van der Waals surface area contributed by atoms with E-state index in [1.165, 1.54) is 17.3 Å². The first-order valence-corrected chi connectivity index (χ1v) is 10.8. The highest BCUT2D eigenvalue weighted by Crippen LogP contribution is 2.26. The van der Waals surface area contributed by atoms with Gasteiger partial charge in [-0.1, -0.05) is 63.7 Å². The van der Waals surface area contributed by atoms with E-state index in [9.17, 15) is 4.79 Å². The van der Waals surface area contributed by atoms with Gasteiger partial charge in [0, 0.05) is 7.05 Å². The molecule has 29 heavy (non-hydrogen) atoms. The van der Waals surface area contributed by atoms with Crippen molar-refractivity contribution in [2.45, 2.75) is 44.8 Å². The molecule has 0 bridgehead atoms. The number of carbonyl (C=O) groups excluding carboxylic acids is 1. The van der Waals surface area contributed by atoms with Gasteiger partial charge in [0.1, 0.15) is 0 Å². The predicted molar refractivity (Wildman–Crippen MR) is 116 cm³/mol. The van der Waals surface area contributed by atoms with Crippen molar-refractivity contribution in [1.29, 1.82) is 0 Å². The van der Waals surface area contributed by atoms with Crippen LogP contribution in [0.3, 0.4) is 0 Å². The molecule has 154 valence electrons. The Morgan fingerprint density at radius 3 is 2.38 bits per heavy atom. The van der Waals surface area contributed by atoms with Crippen LogP contribution in [-0.4, -0.2) is 26.4 Å². The van der Waals surface area contributed by atoms with E-state index in [-0.39, 0.29) is 23.6 Å². The molecule has 0 aliphatic heterocycles. The molecule has 1 amide bonds. The topological polar surface area (TPSA) is 73.0 Å². The smallest absolute Gasteiger partial charge is 0.230 e. The average Bonchev–Trinajstić information content (AvgIpc) is 3.34. The van der Waals surface area contributed by atoms with Crippen molar-refractivity contribution in [2.24, 2.45) is 13.0 Å². The van der Waals surface area contributed by atoms with Gasteiger partial charge < -0.3 is 14.3 Å². The van der Waals surface area contributed by atoms with Gasteiger partial charge in [-0.2, -0.15) is 0 Å². The van der Waals surface area contributed by atoms with Gasteiger partial charge >= 0.3 is 0 Å². The first kappa shape index (κ1) is 21.2. The zero-order valence-electron chi connectivity index (χ0n) is 17.5. The normalized spacial score (nSPS) is 12.5. The van der Waals surface area contributed by atoms with Crippen LogP contribution in [-0.2, 0) is 11.8 Å². The Kier molecular flexibility index (Phi) is 6.79. The number of benzene rings is 1. The molecule has 0 aliphatic carbocycles. The molecule has 3 rings (SSSR count). The number of amides is 1. The molecular weight excluding hydrogens is 384 g/mol. The maximum atomic E-state index is 12.6. The monoisotopic (exact) mass is 412 g/mol. The van der Waals surface area contributed by atoms with Crippen molar-refractivity contribution in [3.05, 3.63) is 53.8 Å². The maximum absolute atomic E-state index is 12.6. The molecule has 0 spiro atoms. The van der Waals surface area contributed by atoms with Crippen LogP contribution in [0.2, 0.25) is 0 Å². The Labute approximate surface area is 176 Å². The third-order valence-corrected chi connectivity index (χ3v) is 5.87. The fourth-order valence-corrected chi connectivity index (χ4v) is 3.85. The summed E-state index contributed by atoms with van der Waals surface area (Å²) >= 11 is 1.36. The van der Waals surface area contributed by atoms with E-state index in [0.29, 0.717) is 22.7 Å². The summed E-state index contributed by atoms with van der Waals surface area (Å²) in [6, 6.07) is 12.1. The number of rotatable bonds is 8. The SMILES string of the molecule is CC(C)c1ccc([C@H](NC(=O)CSc2nnc(-c3ccco3)n2C)C(C)C)cc1. The van der Waals surface area contributed by atoms with Crippen molar-refractivity contribution >= 4 is 17.7 Å². The van der Waals surface area contributed by atoms with Crippen LogP contribution in [0.4, 0.5) is 0 Å². The zero-order valence-corrected chi connectivity index (χ0v) is 18.4. The fourth-order valence-electron chi connectivity index (χ4n) is 3.13. The van der Waals surface area contributed by atoms with Crippen LogP contribution in [0.25, 0.3) is 11.6 Å². The van der Waals surface area contributed by atoms with Gasteiger partial charge in [-0.25, -0.2) is 0 Å². The van der Waals surface area contributed by atoms with E-state index < -0.39 is 0 Å². The molecule has 2 heterocycles. The lowest BCUT2D eigenvalue weighted by molar-refractivity contribution is -0.119. The Balaban J connectivity index is 1.63. The van der Waals surface area contributed by atoms with Crippen molar-refractivity contribution < 1.29 is 9.21 Å². The van der Waals surface area contributed by atoms with Crippen LogP contribution >= 0.6 is 11.8 Å². The summed E-state index contributed by atoms with van der Waals surface area (Å²) in [6.45, 7) is 8.59. The Morgan fingerprint density at radius 2 is 1.79 bits per heavy atom. The number of aromatic nitrogens is 3. The Hall–Kier alpha value is -2.54. The largest absolute Gasteiger partial charge is 0.461 e. The molecule has 0 saturated heterocycles. The third-order valence-electron chi connectivity index (χ3n) is 4.85. The lowest BCUT2D eigenvalue weighted by Gasteiger charge is -2.23. The van der Waals surface area contributed by atoms with Crippen molar-refractivity contribution in [3.63, 3.8) is 0 Å². The minimum Gasteiger partial charge on any atom is -0.461 e. The highest BCUT2D eigenvalue weighted by atomic mass is 32.2. The number of furan rings is 1. The minimum absolute atomic E-state index is 0.0239. The first-order chi connectivity index (χ1) is 13.9. The number of carbonyl (C=O) groups is 1. The first-order valence-electron chi connectivity index (χ1n) is 9.82. The molecule has 6 nitrogen and oxygen atoms in total. The Bertz CT molecular complexity index is 930. The Morgan fingerprint density at radius 1 is 1.10 bits per heavy atom. The second-order valence-corrected chi connectivity index (χ2v) is 8.68. The van der Waals surface area contributed by atoms with E-state index in [1.807, 2.05) is 23.7 Å². The highest BCUT2D eigenvalue weighted by molar-refractivity contribution is 7.99. The van der Waals surface area contributed by atoms with Gasteiger partial charge in [0.2, 0.25) is 5.91 Å². The molecule has 3 aromatic rings. The van der Waals surface area contributed by atoms with Crippen LogP contribution in [0.15, 0.2) is 52.2 Å². The number of nitrogens with zero attached hydrogens (tertiary/aromatic N) is 3. The molecule has 1 aromatic carbocycles. The minimum atomic E-state index is -0.0255. The van der Waals surface area contributed by atoms with Crippen LogP contribution < -0.4 is 5.32 Å². The second kappa shape index (κ2) is 9.31. The fraction of sp³-hybridized carbons (Fsp3) is 0.409. The van der Waals surface area contributed by atoms with E-state index in [2.05, 4.69) is 67.5 Å². The summed E-state index contributed by atoms with van der Waals surface area (Å²) in [5.74, 6) is 2.32. The molecule has 1 atom stereocenters. The van der Waals surface area contributed by atoms with Crippen molar-refractivity contribution in [3.8, 4) is 11.6 Å². The van der Waals surface area contributed by atoms with Gasteiger partial charge in [-0.15, -0.1) is 10.2 Å². The van der Waals surface area contributed by atoms with E-state index in [0.717, 1.165) is 5.56 Å². The quantitative estimate of drug-likeness (QED) is 0.538. The third kappa shape index (κ3) is 5.09. The predicted octanol–water partition coefficient (Wildman–Crippen LogP) is 4.80. The molecule has 0 saturated carbocycles. The van der Waals surface area contributed by atoms with Gasteiger partial charge in [-0.05, 0) is 35.1 Å². The van der Waals surface area contributed by atoms with Crippen LogP contribution in [0.1, 0.15) is 50.8 Å². The molecule has 0 fully saturated rings. The van der Waals surface area contributed by atoms with Crippen LogP contribution in [0.5, 0.6) is 0 Å². The molecule has 0 unspecified atom stereocenters. The standard InChI is InChI=1S/C22H28N4O2S/c1-14(2)16-8-10-17(11-9-16)20(15(3)4)23-19(27)13-29-22-25-24-21(26(22)5)18-7-6-12-28-18/h6-12,14-15,20H,13H2,1-5H3,(H,23,27)/t20-/m1/s1. The molecule has 1 N–H and O–H groups in total. The summed E-state index contributed by atoms with van der Waals surface area (Å²) in [7, 11) is 1.87. The number of nitrogens with one attached hydrogen (secondary N) is 1. The number of thioether (sulfide) groups is 1. The highest BCUT2D eigenvalue weighted by Gasteiger charge is 2.20. The zero-order chi connectivity index (χ0) is 21.0. The van der Waals surface area contributed by atoms with E-state index >= 15 is 0 Å². The van der Waals surface area contributed by atoms with E-state index in [1.54, 1.807) is 6.26 Å². The summed E-state index contributed by atoms with van der Waals surface area (Å²) < 4.78 is 7.21. The summed E-state index contributed by atoms with van der Waals surface area (Å²) in [6.07, 6.45) is 1.60. The lowest BCUT2D eigenvalue weighted by Crippen LogP contribution is -2.33. The van der Waals surface area contributed by atoms with Gasteiger partial charge in [0.05, 0.1) is 18.1 Å². The van der Waals surface area contributed by atoms with Gasteiger partial charge in [0.15, 0.2) is 16.7 Å². The molecule has 0 aliphatic rings. The molecule has 0 radical (unpaired) electrons. The van der Waals surface area contributed by atoms with Gasteiger partial charge in [-0.3, -0.25) is 4.79 Å². The van der Waals surface area contributed by atoms with Crippen molar-refractivity contribution in [1.82, 2.24) is 20.1 Å². The van der Waals surface area contributed by atoms with E-state index in [4.69, 9.17) is 4.42 Å². The average molecular weight is 413 g/mol. The van der Waals surface area contributed by atoms with Crippen LogP contribution in [0, 0.1) is 5.92 Å². The summed E-state index contributed by atoms with van der Waals surface area (Å²) in [5.41, 5.74) is 2.43. The number of hydrogen-bond acceptors (Lipinski definition) is 5. The maximum Gasteiger partial charge on any atom is 0.230 e.